The number of hydrogen-bond donors (Lipinski definition) is 0. The minimum Gasteiger partial charge on any atom is -0.465 e. The van der Waals surface area contributed by atoms with Crippen molar-refractivity contribution in [1.82, 2.24) is 0 Å². The maximum absolute atomic E-state index is 10.5. The lowest BCUT2D eigenvalue weighted by atomic mass is 10.0. The van der Waals surface area contributed by atoms with Gasteiger partial charge in [-0.15, -0.1) is 0 Å². The van der Waals surface area contributed by atoms with Crippen molar-refractivity contribution in [2.75, 3.05) is 39.6 Å². The fraction of sp³-hybridized carbons (Fsp3) is 0.632. The van der Waals surface area contributed by atoms with Gasteiger partial charge >= 0.3 is 5.97 Å². The Morgan fingerprint density at radius 2 is 1.44 bits per heavy atom. The highest BCUT2D eigenvalue weighted by molar-refractivity contribution is 5.65. The van der Waals surface area contributed by atoms with Gasteiger partial charge in [0, 0.05) is 6.92 Å². The maximum atomic E-state index is 10.5. The zero-order valence-electron chi connectivity index (χ0n) is 15.7. The Hall–Kier alpha value is -1.63. The van der Waals surface area contributed by atoms with Crippen molar-refractivity contribution >= 4 is 5.97 Å². The average molecular weight is 354 g/mol. The second-order valence-electron chi connectivity index (χ2n) is 5.84. The Bertz CT molecular complexity index is 471. The second-order valence-corrected chi connectivity index (χ2v) is 5.84. The standard InChI is InChI=1S/C19H30O6/c1-15(2)18-5-7-19(8-6-18)25-17(4)24-14-12-22-10-9-21-11-13-23-16(3)20/h5-8,15,17H,9-14H2,1-4H3. The average Bonchev–Trinajstić information content (AvgIpc) is 2.56. The Balaban J connectivity index is 2.00. The van der Waals surface area contributed by atoms with E-state index in [1.807, 2.05) is 19.1 Å². The van der Waals surface area contributed by atoms with Crippen molar-refractivity contribution in [3.05, 3.63) is 29.8 Å². The lowest BCUT2D eigenvalue weighted by molar-refractivity contribution is -0.142. The maximum Gasteiger partial charge on any atom is 0.302 e. The third-order valence-corrected chi connectivity index (χ3v) is 3.33. The fourth-order valence-electron chi connectivity index (χ4n) is 2.00. The zero-order valence-corrected chi connectivity index (χ0v) is 15.7. The number of ether oxygens (including phenoxy) is 5. The predicted octanol–water partition coefficient (Wildman–Crippen LogP) is 3.15. The Labute approximate surface area is 150 Å². The highest BCUT2D eigenvalue weighted by atomic mass is 16.7. The molecule has 1 aromatic carbocycles. The topological polar surface area (TPSA) is 63.2 Å². The smallest absolute Gasteiger partial charge is 0.302 e. The van der Waals surface area contributed by atoms with Crippen molar-refractivity contribution < 1.29 is 28.5 Å². The van der Waals surface area contributed by atoms with Crippen molar-refractivity contribution in [3.8, 4) is 5.75 Å². The van der Waals surface area contributed by atoms with Crippen LogP contribution in [0.5, 0.6) is 5.75 Å². The molecule has 6 nitrogen and oxygen atoms in total. The molecule has 0 saturated heterocycles. The van der Waals surface area contributed by atoms with Crippen LogP contribution in [0.4, 0.5) is 0 Å². The summed E-state index contributed by atoms with van der Waals surface area (Å²) in [5, 5.41) is 0. The SMILES string of the molecule is CC(=O)OCCOCCOCCOC(C)Oc1ccc(C(C)C)cc1. The highest BCUT2D eigenvalue weighted by Crippen LogP contribution is 2.19. The first-order chi connectivity index (χ1) is 12.0. The third-order valence-electron chi connectivity index (χ3n) is 3.33. The van der Waals surface area contributed by atoms with E-state index >= 15 is 0 Å². The molecule has 0 aromatic heterocycles. The molecule has 6 heteroatoms. The van der Waals surface area contributed by atoms with Crippen LogP contribution in [0.1, 0.15) is 39.2 Å². The van der Waals surface area contributed by atoms with Gasteiger partial charge in [0.05, 0.1) is 33.0 Å². The van der Waals surface area contributed by atoms with Crippen LogP contribution in [-0.4, -0.2) is 51.9 Å². The van der Waals surface area contributed by atoms with E-state index in [4.69, 9.17) is 23.7 Å². The Morgan fingerprint density at radius 1 is 0.880 bits per heavy atom. The lowest BCUT2D eigenvalue weighted by Crippen LogP contribution is -2.20. The van der Waals surface area contributed by atoms with Gasteiger partial charge in [0.25, 0.3) is 0 Å². The molecule has 0 aliphatic heterocycles. The van der Waals surface area contributed by atoms with E-state index < -0.39 is 0 Å². The molecule has 0 heterocycles. The normalized spacial score (nSPS) is 12.2. The summed E-state index contributed by atoms with van der Waals surface area (Å²) in [5.74, 6) is 0.994. The van der Waals surface area contributed by atoms with Gasteiger partial charge in [0.15, 0.2) is 6.29 Å². The van der Waals surface area contributed by atoms with Gasteiger partial charge in [0.2, 0.25) is 0 Å². The largest absolute Gasteiger partial charge is 0.465 e. The molecule has 1 unspecified atom stereocenters. The summed E-state index contributed by atoms with van der Waals surface area (Å²) in [5.41, 5.74) is 1.28. The first-order valence-corrected chi connectivity index (χ1v) is 8.66. The summed E-state index contributed by atoms with van der Waals surface area (Å²) >= 11 is 0. The van der Waals surface area contributed by atoms with Crippen LogP contribution in [0.25, 0.3) is 0 Å². The van der Waals surface area contributed by atoms with Gasteiger partial charge in [0.1, 0.15) is 12.4 Å². The first-order valence-electron chi connectivity index (χ1n) is 8.66. The lowest BCUT2D eigenvalue weighted by Gasteiger charge is -2.16. The van der Waals surface area contributed by atoms with Gasteiger partial charge in [-0.05, 0) is 30.5 Å². The molecule has 0 saturated carbocycles. The molecule has 1 rings (SSSR count). The number of benzene rings is 1. The Kier molecular flexibility index (Phi) is 10.9. The molecule has 0 fully saturated rings. The van der Waals surface area contributed by atoms with Gasteiger partial charge in [-0.25, -0.2) is 0 Å². The quantitative estimate of drug-likeness (QED) is 0.308. The minimum atomic E-state index is -0.339. The van der Waals surface area contributed by atoms with E-state index in [1.165, 1.54) is 12.5 Å². The summed E-state index contributed by atoms with van der Waals surface area (Å²) in [6.45, 7) is 10.0. The van der Waals surface area contributed by atoms with Crippen LogP contribution < -0.4 is 4.74 Å². The molecule has 0 radical (unpaired) electrons. The summed E-state index contributed by atoms with van der Waals surface area (Å²) in [6.07, 6.45) is -0.339. The molecule has 0 aliphatic rings. The molecule has 0 bridgehead atoms. The molecular formula is C19H30O6. The van der Waals surface area contributed by atoms with E-state index in [0.29, 0.717) is 39.0 Å². The van der Waals surface area contributed by atoms with Gasteiger partial charge in [-0.2, -0.15) is 0 Å². The van der Waals surface area contributed by atoms with Crippen LogP contribution in [0, 0.1) is 0 Å². The molecule has 0 spiro atoms. The zero-order chi connectivity index (χ0) is 18.5. The predicted molar refractivity (Wildman–Crippen MR) is 94.8 cm³/mol. The summed E-state index contributed by atoms with van der Waals surface area (Å²) < 4.78 is 26.6. The van der Waals surface area contributed by atoms with E-state index in [2.05, 4.69) is 26.0 Å². The van der Waals surface area contributed by atoms with Crippen LogP contribution in [0.3, 0.4) is 0 Å². The molecule has 25 heavy (non-hydrogen) atoms. The first kappa shape index (κ1) is 21.4. The third kappa shape index (κ3) is 10.8. The molecule has 0 N–H and O–H groups in total. The Morgan fingerprint density at radius 3 is 2.00 bits per heavy atom. The molecule has 1 aromatic rings. The summed E-state index contributed by atoms with van der Waals surface area (Å²) in [4.78, 5) is 10.5. The van der Waals surface area contributed by atoms with Crippen molar-refractivity contribution in [2.45, 2.75) is 39.9 Å². The number of esters is 1. The monoisotopic (exact) mass is 354 g/mol. The minimum absolute atomic E-state index is 0.269. The van der Waals surface area contributed by atoms with Crippen LogP contribution in [0.2, 0.25) is 0 Å². The van der Waals surface area contributed by atoms with Crippen molar-refractivity contribution in [1.29, 1.82) is 0 Å². The van der Waals surface area contributed by atoms with Crippen LogP contribution >= 0.6 is 0 Å². The molecule has 1 atom stereocenters. The second kappa shape index (κ2) is 12.7. The van der Waals surface area contributed by atoms with Crippen LogP contribution in [-0.2, 0) is 23.7 Å². The van der Waals surface area contributed by atoms with Crippen molar-refractivity contribution in [2.24, 2.45) is 0 Å². The number of carbonyl (C=O) groups excluding carboxylic acids is 1. The van der Waals surface area contributed by atoms with E-state index in [-0.39, 0.29) is 18.9 Å². The van der Waals surface area contributed by atoms with Gasteiger partial charge < -0.3 is 23.7 Å². The van der Waals surface area contributed by atoms with Crippen molar-refractivity contribution in [3.63, 3.8) is 0 Å². The van der Waals surface area contributed by atoms with E-state index in [1.54, 1.807) is 0 Å². The molecular weight excluding hydrogens is 324 g/mol. The molecule has 0 amide bonds. The van der Waals surface area contributed by atoms with Gasteiger partial charge in [-0.3, -0.25) is 4.79 Å². The van der Waals surface area contributed by atoms with Crippen LogP contribution in [0.15, 0.2) is 24.3 Å². The fourth-order valence-corrected chi connectivity index (χ4v) is 2.00. The van der Waals surface area contributed by atoms with E-state index in [9.17, 15) is 4.79 Å². The summed E-state index contributed by atoms with van der Waals surface area (Å²) in [7, 11) is 0. The molecule has 142 valence electrons. The van der Waals surface area contributed by atoms with Gasteiger partial charge in [-0.1, -0.05) is 26.0 Å². The number of carbonyl (C=O) groups is 1. The summed E-state index contributed by atoms with van der Waals surface area (Å²) in [6, 6.07) is 8.05. The highest BCUT2D eigenvalue weighted by Gasteiger charge is 2.05. The van der Waals surface area contributed by atoms with E-state index in [0.717, 1.165) is 5.75 Å². The number of rotatable bonds is 13. The number of hydrogen-bond acceptors (Lipinski definition) is 6. The molecule has 0 aliphatic carbocycles.